The van der Waals surface area contributed by atoms with E-state index in [4.69, 9.17) is 9.90 Å². The van der Waals surface area contributed by atoms with Gasteiger partial charge in [-0.05, 0) is 31.4 Å². The van der Waals surface area contributed by atoms with E-state index in [1.54, 1.807) is 24.0 Å². The van der Waals surface area contributed by atoms with E-state index in [0.29, 0.717) is 29.2 Å². The third-order valence-corrected chi connectivity index (χ3v) is 6.01. The van der Waals surface area contributed by atoms with Gasteiger partial charge in [-0.3, -0.25) is 24.4 Å². The summed E-state index contributed by atoms with van der Waals surface area (Å²) in [4.78, 5) is 30.0. The maximum Gasteiger partial charge on any atom is 0.290 e. The van der Waals surface area contributed by atoms with Gasteiger partial charge in [0.15, 0.2) is 0 Å². The number of thiazole rings is 1. The van der Waals surface area contributed by atoms with Crippen molar-refractivity contribution in [1.29, 1.82) is 0 Å². The minimum atomic E-state index is -0.316. The number of hydrogen-bond donors (Lipinski definition) is 4. The molecule has 0 spiro atoms. The Morgan fingerprint density at radius 2 is 2.18 bits per heavy atom. The summed E-state index contributed by atoms with van der Waals surface area (Å²) in [7, 11) is 0. The molecule has 2 atom stereocenters. The topological polar surface area (TPSA) is 159 Å². The number of nitrogens with one attached hydrogen (secondary N) is 2. The highest BCUT2D eigenvalue weighted by atomic mass is 32.1. The zero-order valence-corrected chi connectivity index (χ0v) is 18.1. The third-order valence-electron chi connectivity index (χ3n) is 5.12. The summed E-state index contributed by atoms with van der Waals surface area (Å²) in [6.07, 6.45) is 8.84. The largest absolute Gasteiger partial charge is 0.483 e. The van der Waals surface area contributed by atoms with Crippen LogP contribution in [-0.2, 0) is 4.79 Å². The average Bonchev–Trinajstić information content (AvgIpc) is 3.60. The molecular formula is C21H21N7O4S. The van der Waals surface area contributed by atoms with E-state index in [1.165, 1.54) is 11.3 Å². The van der Waals surface area contributed by atoms with E-state index < -0.39 is 0 Å². The van der Waals surface area contributed by atoms with Crippen LogP contribution in [0.25, 0.3) is 22.0 Å². The standard InChI is InChI=1S/C20H19N7O2S.CH2O2/c28-14-5-4-13(7-14)27-10-16(18(26-27)15-3-1-2-6-21-15)24-19(29)17-11-30-20(25-17)12-8-22-23-9-12;2-1-3/h1-3,6,8-11,13-14,28H,4-5,7H2,(H,22,23)(H,24,29);1H,(H,2,3)/t13-,14-;/m0./s1. The summed E-state index contributed by atoms with van der Waals surface area (Å²) in [6, 6.07) is 5.66. The molecule has 0 saturated heterocycles. The second kappa shape index (κ2) is 10.1. The molecule has 0 aliphatic heterocycles. The molecule has 170 valence electrons. The summed E-state index contributed by atoms with van der Waals surface area (Å²) in [6.45, 7) is -0.250. The van der Waals surface area contributed by atoms with Crippen LogP contribution < -0.4 is 5.32 Å². The highest BCUT2D eigenvalue weighted by Gasteiger charge is 2.27. The van der Waals surface area contributed by atoms with Gasteiger partial charge in [0.05, 0.1) is 29.7 Å². The number of aliphatic hydroxyl groups is 1. The second-order valence-corrected chi connectivity index (χ2v) is 8.15. The van der Waals surface area contributed by atoms with Gasteiger partial charge in [-0.25, -0.2) is 4.98 Å². The number of nitrogens with zero attached hydrogens (tertiary/aromatic N) is 5. The molecule has 1 fully saturated rings. The molecule has 4 aromatic heterocycles. The molecule has 1 amide bonds. The summed E-state index contributed by atoms with van der Waals surface area (Å²) in [5.74, 6) is -0.316. The molecule has 4 heterocycles. The summed E-state index contributed by atoms with van der Waals surface area (Å²) in [5, 5.41) is 33.5. The number of aromatic nitrogens is 6. The van der Waals surface area contributed by atoms with Gasteiger partial charge < -0.3 is 15.5 Å². The first-order valence-corrected chi connectivity index (χ1v) is 11.0. The first-order chi connectivity index (χ1) is 16.1. The second-order valence-electron chi connectivity index (χ2n) is 7.29. The molecule has 12 heteroatoms. The first kappa shape index (κ1) is 22.3. The number of rotatable bonds is 5. The van der Waals surface area contributed by atoms with E-state index in [-0.39, 0.29) is 24.5 Å². The van der Waals surface area contributed by atoms with Crippen LogP contribution in [0.2, 0.25) is 0 Å². The number of amides is 1. The van der Waals surface area contributed by atoms with Crippen LogP contribution in [0.15, 0.2) is 48.4 Å². The molecule has 1 saturated carbocycles. The molecule has 0 bridgehead atoms. The quantitative estimate of drug-likeness (QED) is 0.326. The number of aromatic amines is 1. The third kappa shape index (κ3) is 5.13. The van der Waals surface area contributed by atoms with Crippen LogP contribution in [0, 0.1) is 0 Å². The summed E-state index contributed by atoms with van der Waals surface area (Å²) < 4.78 is 1.83. The molecule has 0 radical (unpaired) electrons. The van der Waals surface area contributed by atoms with Crippen LogP contribution in [0.1, 0.15) is 35.8 Å². The van der Waals surface area contributed by atoms with Crippen LogP contribution >= 0.6 is 11.3 Å². The molecule has 4 N–H and O–H groups in total. The fourth-order valence-corrected chi connectivity index (χ4v) is 4.38. The fraction of sp³-hybridized carbons (Fsp3) is 0.238. The van der Waals surface area contributed by atoms with E-state index in [1.807, 2.05) is 29.1 Å². The van der Waals surface area contributed by atoms with Gasteiger partial charge in [0, 0.05) is 29.5 Å². The van der Waals surface area contributed by atoms with Gasteiger partial charge in [0.1, 0.15) is 16.4 Å². The van der Waals surface area contributed by atoms with Crippen LogP contribution in [-0.4, -0.2) is 58.6 Å². The van der Waals surface area contributed by atoms with Gasteiger partial charge >= 0.3 is 0 Å². The van der Waals surface area contributed by atoms with Gasteiger partial charge in [0.2, 0.25) is 0 Å². The van der Waals surface area contributed by atoms with E-state index >= 15 is 0 Å². The number of carbonyl (C=O) groups is 2. The Hall–Kier alpha value is -3.90. The van der Waals surface area contributed by atoms with E-state index in [9.17, 15) is 9.90 Å². The monoisotopic (exact) mass is 467 g/mol. The molecule has 0 unspecified atom stereocenters. The number of aliphatic hydroxyl groups excluding tert-OH is 1. The average molecular weight is 468 g/mol. The van der Waals surface area contributed by atoms with E-state index in [0.717, 1.165) is 23.4 Å². The highest BCUT2D eigenvalue weighted by molar-refractivity contribution is 7.13. The molecular weight excluding hydrogens is 446 g/mol. The fourth-order valence-electron chi connectivity index (χ4n) is 3.60. The van der Waals surface area contributed by atoms with Crippen molar-refractivity contribution in [1.82, 2.24) is 29.9 Å². The van der Waals surface area contributed by atoms with Crippen molar-refractivity contribution in [3.63, 3.8) is 0 Å². The predicted molar refractivity (Wildman–Crippen MR) is 121 cm³/mol. The summed E-state index contributed by atoms with van der Waals surface area (Å²) >= 11 is 1.38. The Kier molecular flexibility index (Phi) is 6.86. The maximum atomic E-state index is 12.9. The van der Waals surface area contributed by atoms with Crippen molar-refractivity contribution in [3.8, 4) is 22.0 Å². The Bertz CT molecular complexity index is 1210. The van der Waals surface area contributed by atoms with Crippen LogP contribution in [0.3, 0.4) is 0 Å². The minimum absolute atomic E-state index is 0.0973. The van der Waals surface area contributed by atoms with Gasteiger partial charge in [-0.2, -0.15) is 10.2 Å². The SMILES string of the molecule is O=C(Nc1cn([C@H]2CC[C@H](O)C2)nc1-c1ccccn1)c1csc(-c2cn[nH]c2)n1.O=CO. The van der Waals surface area contributed by atoms with Gasteiger partial charge in [-0.15, -0.1) is 11.3 Å². The molecule has 33 heavy (non-hydrogen) atoms. The van der Waals surface area contributed by atoms with Crippen molar-refractivity contribution in [3.05, 3.63) is 54.1 Å². The first-order valence-electron chi connectivity index (χ1n) is 10.1. The lowest BCUT2D eigenvalue weighted by molar-refractivity contribution is -0.122. The zero-order valence-electron chi connectivity index (χ0n) is 17.3. The maximum absolute atomic E-state index is 12.9. The molecule has 0 aromatic carbocycles. The smallest absolute Gasteiger partial charge is 0.290 e. The number of hydrogen-bond acceptors (Lipinski definition) is 8. The molecule has 1 aliphatic rings. The molecule has 11 nitrogen and oxygen atoms in total. The number of anilines is 1. The van der Waals surface area contributed by atoms with Crippen molar-refractivity contribution in [2.75, 3.05) is 5.32 Å². The zero-order chi connectivity index (χ0) is 23.2. The number of pyridine rings is 1. The Labute approximate surface area is 192 Å². The number of carbonyl (C=O) groups excluding carboxylic acids is 1. The lowest BCUT2D eigenvalue weighted by Crippen LogP contribution is -2.12. The Morgan fingerprint density at radius 3 is 2.85 bits per heavy atom. The minimum Gasteiger partial charge on any atom is -0.483 e. The lowest BCUT2D eigenvalue weighted by Gasteiger charge is -2.09. The Morgan fingerprint density at radius 1 is 1.33 bits per heavy atom. The van der Waals surface area contributed by atoms with Crippen molar-refractivity contribution < 1.29 is 19.8 Å². The molecule has 1 aliphatic carbocycles. The number of H-pyrrole nitrogens is 1. The number of carboxylic acid groups (broad SMARTS) is 1. The Balaban J connectivity index is 0.000000821. The predicted octanol–water partition coefficient (Wildman–Crippen LogP) is 2.83. The normalized spacial score (nSPS) is 17.2. The van der Waals surface area contributed by atoms with Gasteiger partial charge in [0.25, 0.3) is 12.4 Å². The van der Waals surface area contributed by atoms with Gasteiger partial charge in [-0.1, -0.05) is 6.07 Å². The van der Waals surface area contributed by atoms with E-state index in [2.05, 4.69) is 30.6 Å². The molecule has 4 aromatic rings. The van der Waals surface area contributed by atoms with Crippen LogP contribution in [0.4, 0.5) is 5.69 Å². The molecule has 5 rings (SSSR count). The van der Waals surface area contributed by atoms with Crippen LogP contribution in [0.5, 0.6) is 0 Å². The highest BCUT2D eigenvalue weighted by Crippen LogP contribution is 2.33. The van der Waals surface area contributed by atoms with Crippen molar-refractivity contribution in [2.45, 2.75) is 31.4 Å². The summed E-state index contributed by atoms with van der Waals surface area (Å²) in [5.41, 5.74) is 2.99. The van der Waals surface area contributed by atoms with Crippen molar-refractivity contribution in [2.24, 2.45) is 0 Å². The lowest BCUT2D eigenvalue weighted by atomic mass is 10.2. The van der Waals surface area contributed by atoms with Crippen molar-refractivity contribution >= 4 is 29.4 Å².